The van der Waals surface area contributed by atoms with Crippen molar-refractivity contribution >= 4 is 0 Å². The molecule has 0 aliphatic heterocycles. The largest absolute Gasteiger partial charge is 0.393 e. The standard InChI is InChI=1S/C10H18F3NO/c1-14(7-6-10(11,12)13)8-2-4-9(15)5-3-8/h8-9,15H,2-7H2,1H3. The van der Waals surface area contributed by atoms with Gasteiger partial charge in [0.1, 0.15) is 0 Å². The third-order valence-corrected chi connectivity index (χ3v) is 3.04. The van der Waals surface area contributed by atoms with Crippen molar-refractivity contribution in [3.63, 3.8) is 0 Å². The molecular weight excluding hydrogens is 207 g/mol. The molecule has 0 spiro atoms. The molecular formula is C10H18F3NO. The zero-order valence-corrected chi connectivity index (χ0v) is 8.93. The summed E-state index contributed by atoms with van der Waals surface area (Å²) in [7, 11) is 1.73. The molecule has 1 fully saturated rings. The van der Waals surface area contributed by atoms with Gasteiger partial charge in [0.15, 0.2) is 0 Å². The molecule has 0 bridgehead atoms. The van der Waals surface area contributed by atoms with Gasteiger partial charge in [0, 0.05) is 12.6 Å². The molecule has 1 aliphatic rings. The van der Waals surface area contributed by atoms with Crippen LogP contribution in [0.1, 0.15) is 32.1 Å². The fraction of sp³-hybridized carbons (Fsp3) is 1.00. The highest BCUT2D eigenvalue weighted by Gasteiger charge is 2.29. The number of hydrogen-bond acceptors (Lipinski definition) is 2. The highest BCUT2D eigenvalue weighted by Crippen LogP contribution is 2.24. The predicted octanol–water partition coefficient (Wildman–Crippen LogP) is 2.17. The first-order valence-corrected chi connectivity index (χ1v) is 5.33. The zero-order chi connectivity index (χ0) is 11.5. The lowest BCUT2D eigenvalue weighted by molar-refractivity contribution is -0.138. The van der Waals surface area contributed by atoms with Gasteiger partial charge in [0.05, 0.1) is 12.5 Å². The van der Waals surface area contributed by atoms with Crippen molar-refractivity contribution < 1.29 is 18.3 Å². The summed E-state index contributed by atoms with van der Waals surface area (Å²) >= 11 is 0. The Kier molecular flexibility index (Phi) is 4.40. The summed E-state index contributed by atoms with van der Waals surface area (Å²) in [6.07, 6.45) is -2.05. The van der Waals surface area contributed by atoms with E-state index in [1.165, 1.54) is 0 Å². The number of aliphatic hydroxyl groups excluding tert-OH is 1. The maximum absolute atomic E-state index is 12.0. The van der Waals surface area contributed by atoms with Gasteiger partial charge in [-0.3, -0.25) is 0 Å². The van der Waals surface area contributed by atoms with E-state index in [4.69, 9.17) is 0 Å². The number of aliphatic hydroxyl groups is 1. The summed E-state index contributed by atoms with van der Waals surface area (Å²) in [5, 5.41) is 9.27. The fourth-order valence-electron chi connectivity index (χ4n) is 1.98. The average molecular weight is 225 g/mol. The first-order chi connectivity index (χ1) is 6.88. The van der Waals surface area contributed by atoms with Crippen molar-refractivity contribution in [2.45, 2.75) is 50.4 Å². The van der Waals surface area contributed by atoms with Crippen LogP contribution in [-0.4, -0.2) is 41.9 Å². The summed E-state index contributed by atoms with van der Waals surface area (Å²) in [5.41, 5.74) is 0. The van der Waals surface area contributed by atoms with Gasteiger partial charge in [-0.1, -0.05) is 0 Å². The smallest absolute Gasteiger partial charge is 0.390 e. The number of rotatable bonds is 3. The quantitative estimate of drug-likeness (QED) is 0.795. The predicted molar refractivity (Wildman–Crippen MR) is 51.6 cm³/mol. The molecule has 0 aromatic heterocycles. The number of alkyl halides is 3. The molecule has 1 N–H and O–H groups in total. The highest BCUT2D eigenvalue weighted by atomic mass is 19.4. The summed E-state index contributed by atoms with van der Waals surface area (Å²) in [5.74, 6) is 0. The van der Waals surface area contributed by atoms with Crippen molar-refractivity contribution in [3.05, 3.63) is 0 Å². The lowest BCUT2D eigenvalue weighted by atomic mass is 9.92. The van der Waals surface area contributed by atoms with Gasteiger partial charge >= 0.3 is 6.18 Å². The molecule has 0 amide bonds. The van der Waals surface area contributed by atoms with Crippen LogP contribution in [0, 0.1) is 0 Å². The van der Waals surface area contributed by atoms with Crippen molar-refractivity contribution in [1.29, 1.82) is 0 Å². The molecule has 0 aromatic carbocycles. The molecule has 0 heterocycles. The van der Waals surface area contributed by atoms with E-state index in [1.54, 1.807) is 11.9 Å². The Bertz CT molecular complexity index is 188. The van der Waals surface area contributed by atoms with Crippen LogP contribution in [0.5, 0.6) is 0 Å². The van der Waals surface area contributed by atoms with Gasteiger partial charge in [0.25, 0.3) is 0 Å². The summed E-state index contributed by atoms with van der Waals surface area (Å²) in [6.45, 7) is 0.0598. The van der Waals surface area contributed by atoms with E-state index in [0.29, 0.717) is 12.8 Å². The third-order valence-electron chi connectivity index (χ3n) is 3.04. The van der Waals surface area contributed by atoms with Crippen LogP contribution in [-0.2, 0) is 0 Å². The second-order valence-corrected chi connectivity index (χ2v) is 4.31. The molecule has 5 heteroatoms. The summed E-state index contributed by atoms with van der Waals surface area (Å²) < 4.78 is 35.9. The molecule has 0 unspecified atom stereocenters. The molecule has 0 radical (unpaired) electrons. The average Bonchev–Trinajstić information content (AvgIpc) is 2.14. The Labute approximate surface area is 88.1 Å². The van der Waals surface area contributed by atoms with E-state index in [1.807, 2.05) is 0 Å². The van der Waals surface area contributed by atoms with E-state index in [2.05, 4.69) is 0 Å². The molecule has 90 valence electrons. The Morgan fingerprint density at radius 3 is 2.20 bits per heavy atom. The molecule has 15 heavy (non-hydrogen) atoms. The van der Waals surface area contributed by atoms with E-state index < -0.39 is 12.6 Å². The van der Waals surface area contributed by atoms with Gasteiger partial charge in [0.2, 0.25) is 0 Å². The first kappa shape index (κ1) is 12.8. The van der Waals surface area contributed by atoms with Crippen LogP contribution in [0.3, 0.4) is 0 Å². The zero-order valence-electron chi connectivity index (χ0n) is 8.93. The van der Waals surface area contributed by atoms with Gasteiger partial charge in [-0.25, -0.2) is 0 Å². The van der Waals surface area contributed by atoms with Crippen LogP contribution in [0.15, 0.2) is 0 Å². The van der Waals surface area contributed by atoms with Crippen molar-refractivity contribution in [1.82, 2.24) is 4.90 Å². The van der Waals surface area contributed by atoms with Crippen LogP contribution in [0.4, 0.5) is 13.2 Å². The molecule has 1 saturated carbocycles. The normalized spacial score (nSPS) is 28.4. The molecule has 1 rings (SSSR count). The number of halogens is 3. The van der Waals surface area contributed by atoms with E-state index in [-0.39, 0.29) is 18.7 Å². The third kappa shape index (κ3) is 4.84. The van der Waals surface area contributed by atoms with Gasteiger partial charge in [-0.2, -0.15) is 13.2 Å². The van der Waals surface area contributed by atoms with Gasteiger partial charge in [-0.15, -0.1) is 0 Å². The van der Waals surface area contributed by atoms with Crippen molar-refractivity contribution in [2.24, 2.45) is 0 Å². The maximum Gasteiger partial charge on any atom is 0.390 e. The molecule has 2 nitrogen and oxygen atoms in total. The topological polar surface area (TPSA) is 23.5 Å². The Morgan fingerprint density at radius 2 is 1.73 bits per heavy atom. The Hall–Kier alpha value is -0.290. The number of nitrogens with zero attached hydrogens (tertiary/aromatic N) is 1. The van der Waals surface area contributed by atoms with Crippen LogP contribution in [0.2, 0.25) is 0 Å². The minimum Gasteiger partial charge on any atom is -0.393 e. The van der Waals surface area contributed by atoms with E-state index in [9.17, 15) is 18.3 Å². The maximum atomic E-state index is 12.0. The first-order valence-electron chi connectivity index (χ1n) is 5.33. The van der Waals surface area contributed by atoms with Crippen LogP contribution < -0.4 is 0 Å². The molecule has 0 aromatic rings. The monoisotopic (exact) mass is 225 g/mol. The Morgan fingerprint density at radius 1 is 1.20 bits per heavy atom. The summed E-state index contributed by atoms with van der Waals surface area (Å²) in [4.78, 5) is 1.76. The van der Waals surface area contributed by atoms with Gasteiger partial charge < -0.3 is 10.0 Å². The van der Waals surface area contributed by atoms with E-state index in [0.717, 1.165) is 12.8 Å². The lowest BCUT2D eigenvalue weighted by Gasteiger charge is -2.33. The minimum absolute atomic E-state index is 0.0598. The lowest BCUT2D eigenvalue weighted by Crippen LogP contribution is -2.38. The second-order valence-electron chi connectivity index (χ2n) is 4.31. The molecule has 0 atom stereocenters. The van der Waals surface area contributed by atoms with Crippen LogP contribution in [0.25, 0.3) is 0 Å². The van der Waals surface area contributed by atoms with Crippen molar-refractivity contribution in [2.75, 3.05) is 13.6 Å². The highest BCUT2D eigenvalue weighted by molar-refractivity contribution is 4.78. The fourth-order valence-corrected chi connectivity index (χ4v) is 1.98. The molecule has 0 saturated heterocycles. The minimum atomic E-state index is -4.07. The van der Waals surface area contributed by atoms with Gasteiger partial charge in [-0.05, 0) is 32.7 Å². The Balaban J connectivity index is 2.25. The molecule has 1 aliphatic carbocycles. The second kappa shape index (κ2) is 5.16. The van der Waals surface area contributed by atoms with Crippen molar-refractivity contribution in [3.8, 4) is 0 Å². The summed E-state index contributed by atoms with van der Waals surface area (Å²) in [6, 6.07) is 0.204. The SMILES string of the molecule is CN(CCC(F)(F)F)C1CCC(O)CC1. The van der Waals surface area contributed by atoms with E-state index >= 15 is 0 Å². The van der Waals surface area contributed by atoms with Crippen LogP contribution >= 0.6 is 0 Å². The number of hydrogen-bond donors (Lipinski definition) is 1.